The Hall–Kier alpha value is -1.67. The van der Waals surface area contributed by atoms with Crippen molar-refractivity contribution in [2.75, 3.05) is 6.26 Å². The van der Waals surface area contributed by atoms with Crippen LogP contribution in [0.1, 0.15) is 0 Å². The number of nitrogens with one attached hydrogen (secondary N) is 1. The molecule has 0 atom stereocenters. The lowest BCUT2D eigenvalue weighted by molar-refractivity contribution is 0.602. The monoisotopic (exact) mass is 340 g/mol. The number of H-pyrrole nitrogens is 1. The van der Waals surface area contributed by atoms with E-state index in [1.54, 1.807) is 35.0 Å². The average molecular weight is 341 g/mol. The maximum Gasteiger partial charge on any atom is 0.182 e. The van der Waals surface area contributed by atoms with Crippen molar-refractivity contribution in [3.8, 4) is 11.4 Å². The van der Waals surface area contributed by atoms with Gasteiger partial charge in [0.2, 0.25) is 0 Å². The van der Waals surface area contributed by atoms with Crippen molar-refractivity contribution in [3.63, 3.8) is 0 Å². The summed E-state index contributed by atoms with van der Waals surface area (Å²) in [5.74, 6) is 0.626. The van der Waals surface area contributed by atoms with Gasteiger partial charge in [-0.1, -0.05) is 0 Å². The highest BCUT2D eigenvalue weighted by molar-refractivity contribution is 9.10. The second-order valence-corrected chi connectivity index (χ2v) is 6.97. The van der Waals surface area contributed by atoms with Crippen molar-refractivity contribution in [3.05, 3.63) is 34.9 Å². The minimum atomic E-state index is -3.18. The zero-order valence-corrected chi connectivity index (χ0v) is 12.2. The van der Waals surface area contributed by atoms with E-state index >= 15 is 0 Å². The number of hydrogen-bond donors (Lipinski definition) is 1. The molecule has 98 valence electrons. The SMILES string of the molecule is CS(=O)(=O)c1ccc(-c2n[nH]c3c(Br)cnn23)cc1. The third kappa shape index (κ3) is 2.06. The molecular formula is C11H9BrN4O2S. The molecule has 0 saturated carbocycles. The first-order chi connectivity index (χ1) is 8.97. The molecular weight excluding hydrogens is 332 g/mol. The highest BCUT2D eigenvalue weighted by atomic mass is 79.9. The van der Waals surface area contributed by atoms with Gasteiger partial charge in [0, 0.05) is 11.8 Å². The average Bonchev–Trinajstić information content (AvgIpc) is 2.92. The number of halogens is 1. The van der Waals surface area contributed by atoms with Gasteiger partial charge in [0.15, 0.2) is 21.3 Å². The fraction of sp³-hybridized carbons (Fsp3) is 0.0909. The second-order valence-electron chi connectivity index (χ2n) is 4.10. The van der Waals surface area contributed by atoms with Gasteiger partial charge in [0.1, 0.15) is 0 Å². The van der Waals surface area contributed by atoms with E-state index in [0.717, 1.165) is 15.7 Å². The Morgan fingerprint density at radius 2 is 1.95 bits per heavy atom. The summed E-state index contributed by atoms with van der Waals surface area (Å²) in [6.07, 6.45) is 2.85. The summed E-state index contributed by atoms with van der Waals surface area (Å²) in [5.41, 5.74) is 1.54. The Morgan fingerprint density at radius 3 is 2.58 bits per heavy atom. The molecule has 2 aromatic heterocycles. The molecule has 0 unspecified atom stereocenters. The summed E-state index contributed by atoms with van der Waals surface area (Å²) in [6, 6.07) is 6.54. The van der Waals surface area contributed by atoms with Crippen LogP contribution in [0.25, 0.3) is 17.0 Å². The number of aromatic nitrogens is 4. The maximum atomic E-state index is 11.4. The van der Waals surface area contributed by atoms with Crippen LogP contribution in [-0.4, -0.2) is 34.5 Å². The Kier molecular flexibility index (Phi) is 2.72. The highest BCUT2D eigenvalue weighted by Gasteiger charge is 2.12. The number of benzene rings is 1. The molecule has 0 spiro atoms. The molecule has 0 bridgehead atoms. The van der Waals surface area contributed by atoms with Crippen LogP contribution in [0.4, 0.5) is 0 Å². The van der Waals surface area contributed by atoms with E-state index in [-0.39, 0.29) is 4.90 Å². The van der Waals surface area contributed by atoms with Crippen LogP contribution in [0.15, 0.2) is 39.8 Å². The van der Waals surface area contributed by atoms with Crippen LogP contribution in [0.3, 0.4) is 0 Å². The van der Waals surface area contributed by atoms with Crippen LogP contribution in [0.2, 0.25) is 0 Å². The molecule has 0 aliphatic rings. The normalized spacial score (nSPS) is 12.1. The molecule has 1 aromatic carbocycles. The predicted octanol–water partition coefficient (Wildman–Crippen LogP) is 1.89. The fourth-order valence-corrected chi connectivity index (χ4v) is 2.76. The number of aromatic amines is 1. The van der Waals surface area contributed by atoms with Gasteiger partial charge in [-0.25, -0.2) is 8.42 Å². The molecule has 0 saturated heterocycles. The fourth-order valence-electron chi connectivity index (χ4n) is 1.78. The minimum Gasteiger partial charge on any atom is -0.258 e. The largest absolute Gasteiger partial charge is 0.258 e. The Bertz CT molecular complexity index is 849. The highest BCUT2D eigenvalue weighted by Crippen LogP contribution is 2.23. The minimum absolute atomic E-state index is 0.282. The quantitative estimate of drug-likeness (QED) is 0.772. The van der Waals surface area contributed by atoms with Crippen LogP contribution >= 0.6 is 15.9 Å². The third-order valence-corrected chi connectivity index (χ3v) is 4.44. The summed E-state index contributed by atoms with van der Waals surface area (Å²) in [6.45, 7) is 0. The van der Waals surface area contributed by atoms with E-state index in [2.05, 4.69) is 31.2 Å². The van der Waals surface area contributed by atoms with Gasteiger partial charge < -0.3 is 0 Å². The predicted molar refractivity (Wildman–Crippen MR) is 73.6 cm³/mol. The summed E-state index contributed by atoms with van der Waals surface area (Å²) >= 11 is 3.36. The Balaban J connectivity index is 2.12. The van der Waals surface area contributed by atoms with Crippen molar-refractivity contribution in [2.24, 2.45) is 0 Å². The zero-order chi connectivity index (χ0) is 13.6. The Morgan fingerprint density at radius 1 is 1.26 bits per heavy atom. The van der Waals surface area contributed by atoms with Gasteiger partial charge in [-0.3, -0.25) is 5.10 Å². The van der Waals surface area contributed by atoms with Crippen molar-refractivity contribution in [1.29, 1.82) is 0 Å². The molecule has 8 heteroatoms. The lowest BCUT2D eigenvalue weighted by Gasteiger charge is -2.00. The summed E-state index contributed by atoms with van der Waals surface area (Å²) in [4.78, 5) is 0.282. The molecule has 1 N–H and O–H groups in total. The lowest BCUT2D eigenvalue weighted by Crippen LogP contribution is -1.97. The number of hydrogen-bond acceptors (Lipinski definition) is 4. The molecule has 2 heterocycles. The van der Waals surface area contributed by atoms with Gasteiger partial charge >= 0.3 is 0 Å². The van der Waals surface area contributed by atoms with Crippen LogP contribution in [0, 0.1) is 0 Å². The first-order valence-corrected chi connectivity index (χ1v) is 8.03. The molecule has 0 radical (unpaired) electrons. The molecule has 19 heavy (non-hydrogen) atoms. The van der Waals surface area contributed by atoms with Crippen molar-refractivity contribution < 1.29 is 8.42 Å². The van der Waals surface area contributed by atoms with Crippen LogP contribution in [-0.2, 0) is 9.84 Å². The van der Waals surface area contributed by atoms with E-state index in [1.807, 2.05) is 0 Å². The first-order valence-electron chi connectivity index (χ1n) is 5.35. The summed E-state index contributed by atoms with van der Waals surface area (Å²) in [7, 11) is -3.18. The number of rotatable bonds is 2. The van der Waals surface area contributed by atoms with E-state index in [4.69, 9.17) is 0 Å². The van der Waals surface area contributed by atoms with Gasteiger partial charge in [0.05, 0.1) is 15.6 Å². The maximum absolute atomic E-state index is 11.4. The van der Waals surface area contributed by atoms with Gasteiger partial charge in [0.25, 0.3) is 0 Å². The van der Waals surface area contributed by atoms with E-state index in [0.29, 0.717) is 5.82 Å². The summed E-state index contributed by atoms with van der Waals surface area (Å²) < 4.78 is 25.3. The van der Waals surface area contributed by atoms with Crippen LogP contribution < -0.4 is 0 Å². The molecule has 0 amide bonds. The number of sulfone groups is 1. The second kappa shape index (κ2) is 4.17. The number of nitrogens with zero attached hydrogens (tertiary/aromatic N) is 3. The molecule has 3 aromatic rings. The third-order valence-electron chi connectivity index (χ3n) is 2.73. The topological polar surface area (TPSA) is 80.1 Å². The number of fused-ring (bicyclic) bond motifs is 1. The molecule has 6 nitrogen and oxygen atoms in total. The van der Waals surface area contributed by atoms with Gasteiger partial charge in [-0.05, 0) is 40.2 Å². The van der Waals surface area contributed by atoms with Gasteiger partial charge in [-0.2, -0.15) is 14.7 Å². The van der Waals surface area contributed by atoms with Crippen molar-refractivity contribution in [2.45, 2.75) is 4.90 Å². The molecule has 0 fully saturated rings. The Labute approximate surface area is 117 Å². The van der Waals surface area contributed by atoms with Crippen molar-refractivity contribution >= 4 is 31.4 Å². The molecule has 3 rings (SSSR count). The standard InChI is InChI=1S/C11H9BrN4O2S/c1-19(17,18)8-4-2-7(3-5-8)10-14-15-11-9(12)6-13-16(10)11/h2-6,15H,1H3. The lowest BCUT2D eigenvalue weighted by atomic mass is 10.2. The van der Waals surface area contributed by atoms with E-state index < -0.39 is 9.84 Å². The van der Waals surface area contributed by atoms with Crippen LogP contribution in [0.5, 0.6) is 0 Å². The van der Waals surface area contributed by atoms with Gasteiger partial charge in [-0.15, -0.1) is 0 Å². The summed E-state index contributed by atoms with van der Waals surface area (Å²) in [5, 5.41) is 11.2. The molecule has 0 aliphatic carbocycles. The smallest absolute Gasteiger partial charge is 0.182 e. The molecule has 0 aliphatic heterocycles. The first kappa shape index (κ1) is 12.4. The van der Waals surface area contributed by atoms with E-state index in [1.165, 1.54) is 6.26 Å². The zero-order valence-electron chi connectivity index (χ0n) is 9.83. The van der Waals surface area contributed by atoms with Crippen molar-refractivity contribution in [1.82, 2.24) is 19.8 Å². The van der Waals surface area contributed by atoms with E-state index in [9.17, 15) is 8.42 Å².